The molecule has 0 aliphatic heterocycles. The van der Waals surface area contributed by atoms with Crippen LogP contribution in [0.2, 0.25) is 5.02 Å². The Bertz CT molecular complexity index is 721. The van der Waals surface area contributed by atoms with Crippen molar-refractivity contribution in [1.29, 1.82) is 0 Å². The number of carbonyl (C=O) groups is 2. The second-order valence-electron chi connectivity index (χ2n) is 5.59. The summed E-state index contributed by atoms with van der Waals surface area (Å²) in [4.78, 5) is 30.5. The van der Waals surface area contributed by atoms with Gasteiger partial charge in [0, 0.05) is 19.4 Å². The van der Waals surface area contributed by atoms with Crippen molar-refractivity contribution in [1.82, 2.24) is 15.2 Å². The number of benzene rings is 1. The molecule has 2 aromatic rings. The molecule has 24 heavy (non-hydrogen) atoms. The average Bonchev–Trinajstić information content (AvgIpc) is 2.60. The maximum atomic E-state index is 12.6. The van der Waals surface area contributed by atoms with Crippen LogP contribution < -0.4 is 5.32 Å². The maximum absolute atomic E-state index is 12.6. The number of amides is 2. The van der Waals surface area contributed by atoms with Crippen LogP contribution >= 0.6 is 11.6 Å². The molecular weight excluding hydrogens is 326 g/mol. The second kappa shape index (κ2) is 7.93. The van der Waals surface area contributed by atoms with Gasteiger partial charge in [-0.3, -0.25) is 14.6 Å². The Kier molecular flexibility index (Phi) is 5.93. The molecule has 1 aromatic heterocycles. The van der Waals surface area contributed by atoms with Gasteiger partial charge in [-0.15, -0.1) is 0 Å². The summed E-state index contributed by atoms with van der Waals surface area (Å²) in [6, 6.07) is 9.65. The minimum absolute atomic E-state index is 0.147. The van der Waals surface area contributed by atoms with Gasteiger partial charge in [-0.1, -0.05) is 29.8 Å². The molecular formula is C18H20ClN3O2. The topological polar surface area (TPSA) is 62.3 Å². The van der Waals surface area contributed by atoms with Gasteiger partial charge < -0.3 is 10.2 Å². The third-order valence-electron chi connectivity index (χ3n) is 3.93. The first kappa shape index (κ1) is 17.9. The fourth-order valence-electron chi connectivity index (χ4n) is 2.32. The Morgan fingerprint density at radius 2 is 1.88 bits per heavy atom. The lowest BCUT2D eigenvalue weighted by atomic mass is 10.1. The second-order valence-corrected chi connectivity index (χ2v) is 5.99. The largest absolute Gasteiger partial charge is 0.340 e. The van der Waals surface area contributed by atoms with Crippen molar-refractivity contribution in [2.45, 2.75) is 25.9 Å². The number of halogens is 1. The van der Waals surface area contributed by atoms with Crippen molar-refractivity contribution in [3.05, 3.63) is 64.9 Å². The van der Waals surface area contributed by atoms with Crippen LogP contribution in [0.3, 0.4) is 0 Å². The number of likely N-dealkylation sites (N-methyl/N-ethyl adjacent to an activating group) is 1. The smallest absolute Gasteiger partial charge is 0.253 e. The zero-order valence-electron chi connectivity index (χ0n) is 13.9. The van der Waals surface area contributed by atoms with E-state index in [1.54, 1.807) is 55.5 Å². The van der Waals surface area contributed by atoms with Crippen molar-refractivity contribution in [2.75, 3.05) is 7.05 Å². The van der Waals surface area contributed by atoms with Crippen molar-refractivity contribution < 1.29 is 9.59 Å². The molecule has 0 saturated carbocycles. The summed E-state index contributed by atoms with van der Waals surface area (Å²) in [5.74, 6) is -0.560. The molecule has 1 heterocycles. The summed E-state index contributed by atoms with van der Waals surface area (Å²) < 4.78 is 0. The van der Waals surface area contributed by atoms with Gasteiger partial charge in [-0.05, 0) is 37.6 Å². The number of rotatable bonds is 5. The summed E-state index contributed by atoms with van der Waals surface area (Å²) in [5.41, 5.74) is 1.28. The number of hydrogen-bond acceptors (Lipinski definition) is 3. The van der Waals surface area contributed by atoms with E-state index in [9.17, 15) is 9.59 Å². The van der Waals surface area contributed by atoms with Crippen molar-refractivity contribution in [3.63, 3.8) is 0 Å². The molecule has 2 atom stereocenters. The fraction of sp³-hybridized carbons (Fsp3) is 0.278. The molecule has 126 valence electrons. The van der Waals surface area contributed by atoms with Gasteiger partial charge in [-0.2, -0.15) is 0 Å². The van der Waals surface area contributed by atoms with Gasteiger partial charge >= 0.3 is 0 Å². The van der Waals surface area contributed by atoms with E-state index >= 15 is 0 Å². The summed E-state index contributed by atoms with van der Waals surface area (Å²) in [6.45, 7) is 3.57. The molecule has 0 fully saturated rings. The Labute approximate surface area is 146 Å². The zero-order valence-corrected chi connectivity index (χ0v) is 14.6. The van der Waals surface area contributed by atoms with E-state index in [2.05, 4.69) is 10.3 Å². The van der Waals surface area contributed by atoms with E-state index in [4.69, 9.17) is 11.6 Å². The molecule has 0 aliphatic carbocycles. The maximum Gasteiger partial charge on any atom is 0.253 e. The monoisotopic (exact) mass is 345 g/mol. The van der Waals surface area contributed by atoms with Gasteiger partial charge in [0.1, 0.15) is 6.04 Å². The van der Waals surface area contributed by atoms with E-state index in [0.29, 0.717) is 10.6 Å². The van der Waals surface area contributed by atoms with Crippen LogP contribution in [0.1, 0.15) is 35.8 Å². The van der Waals surface area contributed by atoms with Gasteiger partial charge in [-0.25, -0.2) is 0 Å². The molecule has 1 N–H and O–H groups in total. The number of nitrogens with zero attached hydrogens (tertiary/aromatic N) is 2. The minimum Gasteiger partial charge on any atom is -0.340 e. The lowest BCUT2D eigenvalue weighted by Crippen LogP contribution is -2.46. The fourth-order valence-corrected chi connectivity index (χ4v) is 2.55. The molecule has 2 amide bonds. The van der Waals surface area contributed by atoms with Crippen molar-refractivity contribution in [2.24, 2.45) is 0 Å². The highest BCUT2D eigenvalue weighted by Gasteiger charge is 2.24. The molecule has 6 heteroatoms. The Morgan fingerprint density at radius 1 is 1.17 bits per heavy atom. The van der Waals surface area contributed by atoms with Crippen LogP contribution in [0.4, 0.5) is 0 Å². The molecule has 1 aromatic carbocycles. The van der Waals surface area contributed by atoms with Crippen LogP contribution in [0.15, 0.2) is 48.8 Å². The molecule has 0 radical (unpaired) electrons. The summed E-state index contributed by atoms with van der Waals surface area (Å²) >= 11 is 6.01. The predicted octanol–water partition coefficient (Wildman–Crippen LogP) is 3.07. The van der Waals surface area contributed by atoms with Crippen molar-refractivity contribution in [3.8, 4) is 0 Å². The SMILES string of the molecule is C[C@@H](NC(=O)c1ccccc1Cl)C(=O)N(C)[C@@H](C)c1cccnc1. The van der Waals surface area contributed by atoms with E-state index in [1.807, 2.05) is 19.1 Å². The van der Waals surface area contributed by atoms with E-state index in [-0.39, 0.29) is 17.9 Å². The first-order valence-electron chi connectivity index (χ1n) is 7.63. The average molecular weight is 346 g/mol. The normalized spacial score (nSPS) is 13.0. The summed E-state index contributed by atoms with van der Waals surface area (Å²) in [5, 5.41) is 3.05. The first-order valence-corrected chi connectivity index (χ1v) is 8.01. The van der Waals surface area contributed by atoms with Crippen molar-refractivity contribution >= 4 is 23.4 Å². The van der Waals surface area contributed by atoms with Crippen LogP contribution in [-0.2, 0) is 4.79 Å². The molecule has 5 nitrogen and oxygen atoms in total. The lowest BCUT2D eigenvalue weighted by Gasteiger charge is -2.28. The molecule has 0 saturated heterocycles. The van der Waals surface area contributed by atoms with E-state index in [0.717, 1.165) is 5.56 Å². The quantitative estimate of drug-likeness (QED) is 0.905. The molecule has 0 bridgehead atoms. The Balaban J connectivity index is 2.04. The number of hydrogen-bond donors (Lipinski definition) is 1. The lowest BCUT2D eigenvalue weighted by molar-refractivity contribution is -0.133. The highest BCUT2D eigenvalue weighted by Crippen LogP contribution is 2.19. The molecule has 0 aliphatic rings. The summed E-state index contributed by atoms with van der Waals surface area (Å²) in [7, 11) is 1.71. The van der Waals surface area contributed by atoms with E-state index in [1.165, 1.54) is 0 Å². The van der Waals surface area contributed by atoms with Gasteiger partial charge in [0.05, 0.1) is 16.6 Å². The number of nitrogens with one attached hydrogen (secondary N) is 1. The molecule has 0 unspecified atom stereocenters. The predicted molar refractivity (Wildman–Crippen MR) is 93.8 cm³/mol. The van der Waals surface area contributed by atoms with E-state index < -0.39 is 6.04 Å². The Morgan fingerprint density at radius 3 is 2.50 bits per heavy atom. The van der Waals surface area contributed by atoms with Crippen LogP contribution in [0.25, 0.3) is 0 Å². The van der Waals surface area contributed by atoms with Crippen LogP contribution in [0, 0.1) is 0 Å². The standard InChI is InChI=1S/C18H20ClN3O2/c1-12(21-17(23)15-8-4-5-9-16(15)19)18(24)22(3)13(2)14-7-6-10-20-11-14/h4-13H,1-3H3,(H,21,23)/t12-,13+/m1/s1. The highest BCUT2D eigenvalue weighted by atomic mass is 35.5. The highest BCUT2D eigenvalue weighted by molar-refractivity contribution is 6.33. The number of aromatic nitrogens is 1. The van der Waals surface area contributed by atoms with Gasteiger partial charge in [0.15, 0.2) is 0 Å². The van der Waals surface area contributed by atoms with Gasteiger partial charge in [0.25, 0.3) is 5.91 Å². The number of carbonyl (C=O) groups excluding carboxylic acids is 2. The summed E-state index contributed by atoms with van der Waals surface area (Å²) in [6.07, 6.45) is 3.41. The minimum atomic E-state index is -0.669. The third-order valence-corrected chi connectivity index (χ3v) is 4.26. The zero-order chi connectivity index (χ0) is 17.7. The first-order chi connectivity index (χ1) is 11.4. The Hall–Kier alpha value is -2.40. The van der Waals surface area contributed by atoms with Crippen LogP contribution in [0.5, 0.6) is 0 Å². The molecule has 2 rings (SSSR count). The van der Waals surface area contributed by atoms with Crippen LogP contribution in [-0.4, -0.2) is 34.8 Å². The third kappa shape index (κ3) is 4.11. The van der Waals surface area contributed by atoms with Gasteiger partial charge in [0.2, 0.25) is 5.91 Å². The number of pyridine rings is 1. The molecule has 0 spiro atoms.